The van der Waals surface area contributed by atoms with E-state index in [1.807, 2.05) is 37.3 Å². The van der Waals surface area contributed by atoms with Gasteiger partial charge in [0.1, 0.15) is 11.8 Å². The Bertz CT molecular complexity index is 1030. The lowest BCUT2D eigenvalue weighted by Gasteiger charge is -2.38. The lowest BCUT2D eigenvalue weighted by molar-refractivity contribution is -0.119. The second-order valence-electron chi connectivity index (χ2n) is 7.25. The first-order valence-electron chi connectivity index (χ1n) is 9.95. The maximum absolute atomic E-state index is 13.2. The van der Waals surface area contributed by atoms with Crippen molar-refractivity contribution in [3.05, 3.63) is 70.9 Å². The van der Waals surface area contributed by atoms with Gasteiger partial charge in [0.25, 0.3) is 0 Å². The summed E-state index contributed by atoms with van der Waals surface area (Å²) in [5, 5.41) is 9.50. The van der Waals surface area contributed by atoms with E-state index in [2.05, 4.69) is 6.07 Å². The monoisotopic (exact) mass is 386 g/mol. The van der Waals surface area contributed by atoms with Crippen LogP contribution >= 0.6 is 0 Å². The van der Waals surface area contributed by atoms with Crippen LogP contribution in [-0.4, -0.2) is 18.3 Å². The summed E-state index contributed by atoms with van der Waals surface area (Å²) in [5.41, 5.74) is 3.40. The molecule has 29 heavy (non-hydrogen) atoms. The Balaban J connectivity index is 1.82. The summed E-state index contributed by atoms with van der Waals surface area (Å²) in [6, 6.07) is 16.9. The molecule has 2 aromatic rings. The topological polar surface area (TPSA) is 70.4 Å². The minimum absolute atomic E-state index is 0.0833. The minimum Gasteiger partial charge on any atom is -0.494 e. The maximum Gasteiger partial charge on any atom is 0.232 e. The summed E-state index contributed by atoms with van der Waals surface area (Å²) in [6.45, 7) is 2.52. The van der Waals surface area contributed by atoms with Crippen LogP contribution in [0.15, 0.2) is 59.8 Å². The van der Waals surface area contributed by atoms with E-state index in [9.17, 15) is 14.9 Å². The number of ketones is 1. The van der Waals surface area contributed by atoms with Crippen LogP contribution in [0.3, 0.4) is 0 Å². The van der Waals surface area contributed by atoms with Crippen LogP contribution in [0.4, 0.5) is 5.69 Å². The van der Waals surface area contributed by atoms with Crippen molar-refractivity contribution in [1.82, 2.24) is 0 Å². The first-order valence-corrected chi connectivity index (χ1v) is 9.95. The molecule has 0 saturated heterocycles. The van der Waals surface area contributed by atoms with Crippen molar-refractivity contribution in [2.75, 3.05) is 11.5 Å². The molecule has 2 aromatic carbocycles. The third kappa shape index (κ3) is 3.42. The number of para-hydroxylation sites is 1. The molecule has 0 bridgehead atoms. The number of allylic oxidation sites excluding steroid dienone is 2. The van der Waals surface area contributed by atoms with Gasteiger partial charge in [0, 0.05) is 30.0 Å². The lowest BCUT2D eigenvalue weighted by Crippen LogP contribution is -2.40. The molecule has 2 aliphatic rings. The molecule has 5 heteroatoms. The Kier molecular flexibility index (Phi) is 5.18. The number of benzene rings is 2. The summed E-state index contributed by atoms with van der Waals surface area (Å²) in [4.78, 5) is 27.8. The Morgan fingerprint density at radius 1 is 1.10 bits per heavy atom. The normalized spacial score (nSPS) is 19.0. The minimum atomic E-state index is -0.258. The van der Waals surface area contributed by atoms with Gasteiger partial charge < -0.3 is 4.74 Å². The summed E-state index contributed by atoms with van der Waals surface area (Å²) in [7, 11) is 0. The fraction of sp³-hybridized carbons (Fsp3) is 0.292. The molecule has 4 rings (SSSR count). The average Bonchev–Trinajstić information content (AvgIpc) is 2.74. The molecule has 146 valence electrons. The highest BCUT2D eigenvalue weighted by Crippen LogP contribution is 2.44. The number of amides is 1. The molecule has 0 aromatic heterocycles. The number of nitriles is 1. The molecule has 1 aliphatic heterocycles. The van der Waals surface area contributed by atoms with Gasteiger partial charge in [0.2, 0.25) is 5.91 Å². The van der Waals surface area contributed by atoms with Crippen LogP contribution in [0.2, 0.25) is 0 Å². The zero-order chi connectivity index (χ0) is 20.4. The number of carbonyl (C=O) groups is 2. The van der Waals surface area contributed by atoms with Gasteiger partial charge in [-0.3, -0.25) is 14.5 Å². The lowest BCUT2D eigenvalue weighted by atomic mass is 9.77. The van der Waals surface area contributed by atoms with Gasteiger partial charge in [-0.05, 0) is 49.6 Å². The highest BCUT2D eigenvalue weighted by atomic mass is 16.5. The predicted molar refractivity (Wildman–Crippen MR) is 109 cm³/mol. The molecule has 1 heterocycles. The van der Waals surface area contributed by atoms with Crippen molar-refractivity contribution in [1.29, 1.82) is 5.26 Å². The number of rotatable bonds is 4. The fourth-order valence-corrected chi connectivity index (χ4v) is 4.28. The van der Waals surface area contributed by atoms with Gasteiger partial charge >= 0.3 is 0 Å². The average molecular weight is 386 g/mol. The van der Waals surface area contributed by atoms with Gasteiger partial charge in [-0.2, -0.15) is 5.26 Å². The Hall–Kier alpha value is -3.39. The van der Waals surface area contributed by atoms with E-state index in [1.54, 1.807) is 23.1 Å². The highest BCUT2D eigenvalue weighted by molar-refractivity contribution is 6.08. The number of carbonyl (C=O) groups excluding carboxylic acids is 2. The van der Waals surface area contributed by atoms with Gasteiger partial charge in [-0.15, -0.1) is 0 Å². The molecule has 0 saturated carbocycles. The standard InChI is InChI=1S/C24H22N2O3/c1-2-29-18-12-10-16(11-13-18)19-14-23(28)26(20-7-4-3-6-17(20)15-25)21-8-5-9-22(27)24(19)21/h3-4,6-7,10-13,19H,2,5,8-9,14H2,1H3. The van der Waals surface area contributed by atoms with Crippen LogP contribution in [0.5, 0.6) is 5.75 Å². The molecule has 1 atom stereocenters. The first-order chi connectivity index (χ1) is 14.1. The van der Waals surface area contributed by atoms with Crippen LogP contribution in [0.25, 0.3) is 0 Å². The van der Waals surface area contributed by atoms with Gasteiger partial charge in [0.15, 0.2) is 5.78 Å². The van der Waals surface area contributed by atoms with E-state index >= 15 is 0 Å². The zero-order valence-electron chi connectivity index (χ0n) is 16.4. The number of Topliss-reactive ketones (excluding diaryl/α,β-unsaturated/α-hetero) is 1. The molecule has 5 nitrogen and oxygen atoms in total. The van der Waals surface area contributed by atoms with E-state index < -0.39 is 0 Å². The van der Waals surface area contributed by atoms with Gasteiger partial charge in [0.05, 0.1) is 17.9 Å². The summed E-state index contributed by atoms with van der Waals surface area (Å²) in [6.07, 6.45) is 2.07. The summed E-state index contributed by atoms with van der Waals surface area (Å²) in [5.74, 6) is 0.524. The molecule has 0 spiro atoms. The van der Waals surface area contributed by atoms with Crippen molar-refractivity contribution >= 4 is 17.4 Å². The van der Waals surface area contributed by atoms with Gasteiger partial charge in [-0.1, -0.05) is 24.3 Å². The quantitative estimate of drug-likeness (QED) is 0.776. The van der Waals surface area contributed by atoms with Crippen LogP contribution in [-0.2, 0) is 9.59 Å². The number of hydrogen-bond acceptors (Lipinski definition) is 4. The highest BCUT2D eigenvalue weighted by Gasteiger charge is 2.40. The van der Waals surface area contributed by atoms with E-state index in [0.717, 1.165) is 17.0 Å². The third-order valence-corrected chi connectivity index (χ3v) is 5.53. The molecule has 1 amide bonds. The Morgan fingerprint density at radius 2 is 1.86 bits per heavy atom. The number of ether oxygens (including phenoxy) is 1. The van der Waals surface area contributed by atoms with E-state index in [0.29, 0.717) is 42.7 Å². The smallest absolute Gasteiger partial charge is 0.232 e. The maximum atomic E-state index is 13.2. The first kappa shape index (κ1) is 18.9. The van der Waals surface area contributed by atoms with Crippen LogP contribution in [0.1, 0.15) is 49.7 Å². The Morgan fingerprint density at radius 3 is 2.59 bits per heavy atom. The number of nitrogens with zero attached hydrogens (tertiary/aromatic N) is 2. The molecule has 1 unspecified atom stereocenters. The molecule has 0 N–H and O–H groups in total. The van der Waals surface area contributed by atoms with Gasteiger partial charge in [-0.25, -0.2) is 0 Å². The van der Waals surface area contributed by atoms with E-state index in [4.69, 9.17) is 4.74 Å². The fourth-order valence-electron chi connectivity index (χ4n) is 4.28. The summed E-state index contributed by atoms with van der Waals surface area (Å²) < 4.78 is 5.51. The number of anilines is 1. The molecular weight excluding hydrogens is 364 g/mol. The van der Waals surface area contributed by atoms with E-state index in [-0.39, 0.29) is 24.0 Å². The van der Waals surface area contributed by atoms with Crippen molar-refractivity contribution < 1.29 is 14.3 Å². The zero-order valence-corrected chi connectivity index (χ0v) is 16.4. The second-order valence-corrected chi connectivity index (χ2v) is 7.25. The molecule has 1 aliphatic carbocycles. The van der Waals surface area contributed by atoms with Crippen molar-refractivity contribution in [3.8, 4) is 11.8 Å². The SMILES string of the molecule is CCOc1ccc(C2CC(=O)N(c3ccccc3C#N)C3=C2C(=O)CCC3)cc1. The molecular formula is C24H22N2O3. The third-order valence-electron chi connectivity index (χ3n) is 5.53. The van der Waals surface area contributed by atoms with Crippen molar-refractivity contribution in [3.63, 3.8) is 0 Å². The largest absolute Gasteiger partial charge is 0.494 e. The number of hydrogen-bond donors (Lipinski definition) is 0. The van der Waals surface area contributed by atoms with Crippen LogP contribution < -0.4 is 9.64 Å². The molecule has 0 fully saturated rings. The molecule has 0 radical (unpaired) electrons. The van der Waals surface area contributed by atoms with Crippen molar-refractivity contribution in [2.24, 2.45) is 0 Å². The summed E-state index contributed by atoms with van der Waals surface area (Å²) >= 11 is 0. The predicted octanol–water partition coefficient (Wildman–Crippen LogP) is 4.48. The van der Waals surface area contributed by atoms with Crippen molar-refractivity contribution in [2.45, 2.75) is 38.5 Å². The second kappa shape index (κ2) is 7.92. The Labute approximate surface area is 170 Å². The van der Waals surface area contributed by atoms with Crippen LogP contribution in [0, 0.1) is 11.3 Å². The van der Waals surface area contributed by atoms with E-state index in [1.165, 1.54) is 0 Å².